The van der Waals surface area contributed by atoms with Crippen molar-refractivity contribution < 1.29 is 22.4 Å². The Kier molecular flexibility index (Phi) is 9.56. The van der Waals surface area contributed by atoms with Gasteiger partial charge in [0.1, 0.15) is 0 Å². The topological polar surface area (TPSA) is 0 Å². The molecule has 0 N–H and O–H groups in total. The Bertz CT molecular complexity index is 790. The minimum absolute atomic E-state index is 0. The van der Waals surface area contributed by atoms with Crippen LogP contribution in [-0.2, 0) is 22.4 Å². The summed E-state index contributed by atoms with van der Waals surface area (Å²) in [6.07, 6.45) is 0. The average molecular weight is 571 g/mol. The molecular weight excluding hydrogens is 552 g/mol. The number of halogens is 1. The van der Waals surface area contributed by atoms with Crippen LogP contribution in [0.5, 0.6) is 0 Å². The van der Waals surface area contributed by atoms with Crippen LogP contribution >= 0.6 is 19.5 Å². The molecule has 0 atom stereocenters. The van der Waals surface area contributed by atoms with E-state index < -0.39 is 7.92 Å². The van der Waals surface area contributed by atoms with Crippen LogP contribution in [0, 0.1) is 6.07 Å². The summed E-state index contributed by atoms with van der Waals surface area (Å²) in [6, 6.07) is 42.3. The second kappa shape index (κ2) is 11.9. The number of hydrogen-bond donors (Lipinski definition) is 0. The third-order valence-corrected chi connectivity index (χ3v) is 6.42. The third-order valence-electron chi connectivity index (χ3n) is 3.72. The van der Waals surface area contributed by atoms with Gasteiger partial charge in [-0.2, -0.15) is 30.3 Å². The molecule has 0 saturated carbocycles. The van der Waals surface area contributed by atoms with Crippen molar-refractivity contribution in [1.29, 1.82) is 0 Å². The van der Waals surface area contributed by atoms with Crippen molar-refractivity contribution in [1.82, 2.24) is 0 Å². The molecule has 0 spiro atoms. The summed E-state index contributed by atoms with van der Waals surface area (Å²) in [5, 5.41) is 4.96. The smallest absolute Gasteiger partial charge is 0.184 e. The molecule has 0 nitrogen and oxygen atoms in total. The normalized spacial score (nSPS) is 9.70. The molecular formula is C24H19AuClP. The third kappa shape index (κ3) is 6.78. The summed E-state index contributed by atoms with van der Waals surface area (Å²) < 4.78 is 0. The summed E-state index contributed by atoms with van der Waals surface area (Å²) in [7, 11) is -0.446. The Balaban J connectivity index is 0.000000278. The first-order chi connectivity index (χ1) is 12.8. The standard InChI is InChI=1S/C18H15P.C6H4Cl.Au/c1-4-10-16(11-5-1)19(17-12-6-2-7-13-17)18-14-8-3-9-15-18;7-6-4-2-1-3-5-6;/h1-15H;2-5H;/q;-1;+1. The van der Waals surface area contributed by atoms with Gasteiger partial charge in [-0.1, -0.05) is 96.0 Å². The van der Waals surface area contributed by atoms with Crippen molar-refractivity contribution in [3.63, 3.8) is 0 Å². The Morgan fingerprint density at radius 3 is 1.11 bits per heavy atom. The van der Waals surface area contributed by atoms with E-state index in [1.807, 2.05) is 0 Å². The monoisotopic (exact) mass is 570 g/mol. The van der Waals surface area contributed by atoms with Crippen molar-refractivity contribution in [3.05, 3.63) is 126 Å². The van der Waals surface area contributed by atoms with E-state index in [9.17, 15) is 0 Å². The van der Waals surface area contributed by atoms with Gasteiger partial charge in [0.05, 0.1) is 0 Å². The first-order valence-corrected chi connectivity index (χ1v) is 10.1. The second-order valence-electron chi connectivity index (χ2n) is 5.56. The van der Waals surface area contributed by atoms with Gasteiger partial charge in [0.15, 0.2) is 0 Å². The van der Waals surface area contributed by atoms with Crippen LogP contribution in [0.4, 0.5) is 0 Å². The minimum Gasteiger partial charge on any atom is -0.184 e. The first-order valence-electron chi connectivity index (χ1n) is 8.41. The zero-order valence-corrected chi connectivity index (χ0v) is 18.4. The predicted octanol–water partition coefficient (Wildman–Crippen LogP) is 5.58. The zero-order valence-electron chi connectivity index (χ0n) is 14.6. The molecule has 0 unspecified atom stereocenters. The molecule has 4 aromatic rings. The van der Waals surface area contributed by atoms with Crippen molar-refractivity contribution in [3.8, 4) is 0 Å². The largest absolute Gasteiger partial charge is 1.00 e. The van der Waals surface area contributed by atoms with Gasteiger partial charge in [-0.3, -0.25) is 0 Å². The molecule has 0 aromatic heterocycles. The fourth-order valence-electron chi connectivity index (χ4n) is 2.54. The van der Waals surface area contributed by atoms with Gasteiger partial charge in [-0.15, -0.1) is 11.6 Å². The Morgan fingerprint density at radius 2 is 0.852 bits per heavy atom. The minimum atomic E-state index is -0.446. The van der Waals surface area contributed by atoms with Gasteiger partial charge in [0, 0.05) is 0 Å². The van der Waals surface area contributed by atoms with Crippen molar-refractivity contribution in [2.45, 2.75) is 0 Å². The Hall–Kier alpha value is -1.66. The molecule has 27 heavy (non-hydrogen) atoms. The fourth-order valence-corrected chi connectivity index (χ4v) is 4.98. The van der Waals surface area contributed by atoms with E-state index >= 15 is 0 Å². The molecule has 4 rings (SSSR count). The van der Waals surface area contributed by atoms with Gasteiger partial charge in [0.25, 0.3) is 0 Å². The Morgan fingerprint density at radius 1 is 0.519 bits per heavy atom. The van der Waals surface area contributed by atoms with Crippen molar-refractivity contribution in [2.75, 3.05) is 0 Å². The van der Waals surface area contributed by atoms with Gasteiger partial charge in [0.2, 0.25) is 0 Å². The average Bonchev–Trinajstić information content (AvgIpc) is 2.72. The van der Waals surface area contributed by atoms with Crippen LogP contribution in [0.1, 0.15) is 0 Å². The molecule has 0 aliphatic heterocycles. The molecule has 0 amide bonds. The Labute approximate surface area is 183 Å². The van der Waals surface area contributed by atoms with Gasteiger partial charge >= 0.3 is 22.4 Å². The molecule has 3 heteroatoms. The molecule has 4 aromatic carbocycles. The number of benzene rings is 4. The van der Waals surface area contributed by atoms with Crippen LogP contribution in [0.2, 0.25) is 5.02 Å². The summed E-state index contributed by atoms with van der Waals surface area (Å²) in [4.78, 5) is 0. The van der Waals surface area contributed by atoms with Crippen molar-refractivity contribution in [2.24, 2.45) is 0 Å². The molecule has 0 bridgehead atoms. The zero-order chi connectivity index (χ0) is 18.0. The van der Waals surface area contributed by atoms with Crippen LogP contribution in [0.15, 0.2) is 115 Å². The quantitative estimate of drug-likeness (QED) is 0.171. The maximum Gasteiger partial charge on any atom is 1.00 e. The number of hydrogen-bond acceptors (Lipinski definition) is 0. The van der Waals surface area contributed by atoms with E-state index in [4.69, 9.17) is 11.6 Å². The van der Waals surface area contributed by atoms with Gasteiger partial charge < -0.3 is 0 Å². The molecule has 0 saturated heterocycles. The predicted molar refractivity (Wildman–Crippen MR) is 115 cm³/mol. The summed E-state index contributed by atoms with van der Waals surface area (Å²) in [5.41, 5.74) is 0. The van der Waals surface area contributed by atoms with Gasteiger partial charge in [-0.05, 0) is 23.8 Å². The molecule has 0 fully saturated rings. The molecule has 0 heterocycles. The molecule has 0 radical (unpaired) electrons. The van der Waals surface area contributed by atoms with E-state index in [2.05, 4.69) is 97.1 Å². The van der Waals surface area contributed by atoms with E-state index in [1.54, 1.807) is 24.3 Å². The SMILES string of the molecule is Clc1cc[c-]cc1.[Au+].c1ccc(P(c2ccccc2)c2ccccc2)cc1. The van der Waals surface area contributed by atoms with E-state index in [-0.39, 0.29) is 22.4 Å². The van der Waals surface area contributed by atoms with Crippen LogP contribution in [-0.4, -0.2) is 0 Å². The van der Waals surface area contributed by atoms with E-state index in [1.165, 1.54) is 15.9 Å². The first kappa shape index (κ1) is 21.6. The second-order valence-corrected chi connectivity index (χ2v) is 8.22. The maximum atomic E-state index is 5.52. The van der Waals surface area contributed by atoms with E-state index in [0.717, 1.165) is 5.02 Å². The maximum absolute atomic E-state index is 5.52. The number of rotatable bonds is 3. The van der Waals surface area contributed by atoms with Crippen molar-refractivity contribution >= 4 is 35.4 Å². The van der Waals surface area contributed by atoms with Crippen LogP contribution in [0.25, 0.3) is 0 Å². The van der Waals surface area contributed by atoms with Crippen LogP contribution < -0.4 is 15.9 Å². The summed E-state index contributed by atoms with van der Waals surface area (Å²) in [5.74, 6) is 0. The molecule has 138 valence electrons. The van der Waals surface area contributed by atoms with Crippen LogP contribution in [0.3, 0.4) is 0 Å². The van der Waals surface area contributed by atoms with E-state index in [0.29, 0.717) is 0 Å². The molecule has 0 aliphatic rings. The van der Waals surface area contributed by atoms with Gasteiger partial charge in [-0.25, -0.2) is 0 Å². The summed E-state index contributed by atoms with van der Waals surface area (Å²) >= 11 is 5.52. The summed E-state index contributed by atoms with van der Waals surface area (Å²) in [6.45, 7) is 0. The molecule has 0 aliphatic carbocycles. The fraction of sp³-hybridized carbons (Fsp3) is 0.